The van der Waals surface area contributed by atoms with Crippen LogP contribution in [0.3, 0.4) is 0 Å². The quantitative estimate of drug-likeness (QED) is 0.631. The molecule has 0 saturated carbocycles. The first-order valence-electron chi connectivity index (χ1n) is 6.73. The number of nitrogens with one attached hydrogen (secondary N) is 2. The molecule has 7 nitrogen and oxygen atoms in total. The molecule has 1 aliphatic heterocycles. The van der Waals surface area contributed by atoms with Crippen LogP contribution >= 0.6 is 15.9 Å². The molecule has 1 amide bonds. The zero-order valence-corrected chi connectivity index (χ0v) is 13.1. The summed E-state index contributed by atoms with van der Waals surface area (Å²) in [4.78, 5) is 24.6. The van der Waals surface area contributed by atoms with E-state index in [4.69, 9.17) is 0 Å². The molecular formula is C13H17BrN4O3. The maximum atomic E-state index is 12.0. The van der Waals surface area contributed by atoms with Crippen molar-refractivity contribution in [3.63, 3.8) is 0 Å². The maximum absolute atomic E-state index is 12.0. The zero-order valence-electron chi connectivity index (χ0n) is 11.5. The molecule has 1 aliphatic rings. The molecule has 0 radical (unpaired) electrons. The SMILES string of the molecule is O=C(CN1CCCNCC1)Nc1ccc(Br)cc1[N+](=O)[O-]. The molecule has 1 aromatic rings. The van der Waals surface area contributed by atoms with E-state index in [2.05, 4.69) is 26.6 Å². The van der Waals surface area contributed by atoms with Crippen molar-refractivity contribution < 1.29 is 9.72 Å². The van der Waals surface area contributed by atoms with Crippen molar-refractivity contribution >= 4 is 33.2 Å². The number of benzene rings is 1. The number of hydrogen-bond donors (Lipinski definition) is 2. The summed E-state index contributed by atoms with van der Waals surface area (Å²) in [6.45, 7) is 3.70. The van der Waals surface area contributed by atoms with Crippen LogP contribution in [0.25, 0.3) is 0 Å². The van der Waals surface area contributed by atoms with Crippen molar-refractivity contribution in [3.05, 3.63) is 32.8 Å². The average Bonchev–Trinajstić information content (AvgIpc) is 2.69. The molecular weight excluding hydrogens is 340 g/mol. The van der Waals surface area contributed by atoms with Crippen molar-refractivity contribution in [1.82, 2.24) is 10.2 Å². The minimum absolute atomic E-state index is 0.116. The fraction of sp³-hybridized carbons (Fsp3) is 0.462. The van der Waals surface area contributed by atoms with Gasteiger partial charge in [0.15, 0.2) is 0 Å². The number of rotatable bonds is 4. The van der Waals surface area contributed by atoms with Crippen molar-refractivity contribution in [1.29, 1.82) is 0 Å². The number of carbonyl (C=O) groups is 1. The number of nitro benzene ring substituents is 1. The van der Waals surface area contributed by atoms with Crippen LogP contribution in [0, 0.1) is 10.1 Å². The normalized spacial score (nSPS) is 16.2. The smallest absolute Gasteiger partial charge is 0.293 e. The lowest BCUT2D eigenvalue weighted by Crippen LogP contribution is -2.35. The van der Waals surface area contributed by atoms with Crippen LogP contribution in [-0.2, 0) is 4.79 Å². The summed E-state index contributed by atoms with van der Waals surface area (Å²) >= 11 is 3.19. The standard InChI is InChI=1S/C13H17BrN4O3/c14-10-2-3-11(12(8-10)18(20)21)16-13(19)9-17-6-1-4-15-5-7-17/h2-3,8,15H,1,4-7,9H2,(H,16,19). The van der Waals surface area contributed by atoms with E-state index >= 15 is 0 Å². The van der Waals surface area contributed by atoms with Gasteiger partial charge in [0, 0.05) is 23.6 Å². The van der Waals surface area contributed by atoms with E-state index in [9.17, 15) is 14.9 Å². The summed E-state index contributed by atoms with van der Waals surface area (Å²) in [6, 6.07) is 4.58. The molecule has 1 aromatic carbocycles. The third-order valence-electron chi connectivity index (χ3n) is 3.23. The van der Waals surface area contributed by atoms with Crippen LogP contribution < -0.4 is 10.6 Å². The summed E-state index contributed by atoms with van der Waals surface area (Å²) in [5, 5.41) is 16.9. The Bertz CT molecular complexity index is 530. The van der Waals surface area contributed by atoms with Crippen molar-refractivity contribution in [2.24, 2.45) is 0 Å². The summed E-state index contributed by atoms with van der Waals surface area (Å²) in [6.07, 6.45) is 0.992. The Morgan fingerprint density at radius 2 is 2.24 bits per heavy atom. The fourth-order valence-electron chi connectivity index (χ4n) is 2.21. The summed E-state index contributed by atoms with van der Waals surface area (Å²) < 4.78 is 0.603. The molecule has 1 saturated heterocycles. The summed E-state index contributed by atoms with van der Waals surface area (Å²) in [5.74, 6) is -0.234. The molecule has 0 aliphatic carbocycles. The highest BCUT2D eigenvalue weighted by atomic mass is 79.9. The molecule has 0 bridgehead atoms. The number of anilines is 1. The Balaban J connectivity index is 2.00. The molecule has 0 unspecified atom stereocenters. The topological polar surface area (TPSA) is 87.5 Å². The zero-order chi connectivity index (χ0) is 15.2. The van der Waals surface area contributed by atoms with E-state index in [0.29, 0.717) is 4.47 Å². The van der Waals surface area contributed by atoms with Crippen LogP contribution in [0.1, 0.15) is 6.42 Å². The van der Waals surface area contributed by atoms with E-state index in [1.54, 1.807) is 6.07 Å². The lowest BCUT2D eigenvalue weighted by atomic mass is 10.2. The highest BCUT2D eigenvalue weighted by Gasteiger charge is 2.18. The highest BCUT2D eigenvalue weighted by Crippen LogP contribution is 2.27. The van der Waals surface area contributed by atoms with Crippen molar-refractivity contribution in [2.45, 2.75) is 6.42 Å². The van der Waals surface area contributed by atoms with Gasteiger partial charge in [-0.2, -0.15) is 0 Å². The van der Waals surface area contributed by atoms with Gasteiger partial charge < -0.3 is 10.6 Å². The van der Waals surface area contributed by atoms with Gasteiger partial charge in [0.1, 0.15) is 5.69 Å². The van der Waals surface area contributed by atoms with E-state index < -0.39 is 4.92 Å². The Morgan fingerprint density at radius 3 is 3.00 bits per heavy atom. The predicted octanol–water partition coefficient (Wildman–Crippen LogP) is 1.59. The summed E-state index contributed by atoms with van der Waals surface area (Å²) in [5.41, 5.74) is 0.108. The molecule has 1 fully saturated rings. The Hall–Kier alpha value is -1.51. The van der Waals surface area contributed by atoms with Gasteiger partial charge in [-0.25, -0.2) is 0 Å². The summed E-state index contributed by atoms with van der Waals surface area (Å²) in [7, 11) is 0. The van der Waals surface area contributed by atoms with Crippen LogP contribution in [0.15, 0.2) is 22.7 Å². The predicted molar refractivity (Wildman–Crippen MR) is 83.4 cm³/mol. The second kappa shape index (κ2) is 7.48. The third kappa shape index (κ3) is 4.76. The van der Waals surface area contributed by atoms with Gasteiger partial charge in [-0.1, -0.05) is 15.9 Å². The van der Waals surface area contributed by atoms with Gasteiger partial charge in [-0.3, -0.25) is 19.8 Å². The number of hydrogen-bond acceptors (Lipinski definition) is 5. The average molecular weight is 357 g/mol. The number of carbonyl (C=O) groups excluding carboxylic acids is 1. The van der Waals surface area contributed by atoms with Gasteiger partial charge in [-0.15, -0.1) is 0 Å². The second-order valence-electron chi connectivity index (χ2n) is 4.85. The monoisotopic (exact) mass is 356 g/mol. The first-order chi connectivity index (χ1) is 10.1. The number of amides is 1. The molecule has 0 atom stereocenters. The Labute approximate surface area is 131 Å². The van der Waals surface area contributed by atoms with Crippen LogP contribution in [0.4, 0.5) is 11.4 Å². The van der Waals surface area contributed by atoms with Gasteiger partial charge in [0.2, 0.25) is 5.91 Å². The second-order valence-corrected chi connectivity index (χ2v) is 5.76. The molecule has 2 rings (SSSR count). The van der Waals surface area contributed by atoms with Gasteiger partial charge >= 0.3 is 0 Å². The van der Waals surface area contributed by atoms with Crippen LogP contribution in [0.5, 0.6) is 0 Å². The molecule has 2 N–H and O–H groups in total. The van der Waals surface area contributed by atoms with Gasteiger partial charge in [-0.05, 0) is 31.6 Å². The molecule has 8 heteroatoms. The minimum atomic E-state index is -0.504. The van der Waals surface area contributed by atoms with E-state index in [1.165, 1.54) is 12.1 Å². The third-order valence-corrected chi connectivity index (χ3v) is 3.72. The van der Waals surface area contributed by atoms with E-state index in [1.807, 2.05) is 4.90 Å². The number of halogens is 1. The lowest BCUT2D eigenvalue weighted by molar-refractivity contribution is -0.384. The molecule has 0 aromatic heterocycles. The Morgan fingerprint density at radius 1 is 1.43 bits per heavy atom. The largest absolute Gasteiger partial charge is 0.319 e. The first kappa shape index (κ1) is 15.9. The maximum Gasteiger partial charge on any atom is 0.293 e. The molecule has 1 heterocycles. The van der Waals surface area contributed by atoms with Crippen molar-refractivity contribution in [3.8, 4) is 0 Å². The first-order valence-corrected chi connectivity index (χ1v) is 7.52. The van der Waals surface area contributed by atoms with Crippen molar-refractivity contribution in [2.75, 3.05) is 38.0 Å². The van der Waals surface area contributed by atoms with Crippen LogP contribution in [-0.4, -0.2) is 48.5 Å². The van der Waals surface area contributed by atoms with E-state index in [0.717, 1.165) is 32.6 Å². The van der Waals surface area contributed by atoms with Crippen LogP contribution in [0.2, 0.25) is 0 Å². The molecule has 114 valence electrons. The Kier molecular flexibility index (Phi) is 5.66. The lowest BCUT2D eigenvalue weighted by Gasteiger charge is -2.18. The fourth-order valence-corrected chi connectivity index (χ4v) is 2.56. The van der Waals surface area contributed by atoms with E-state index in [-0.39, 0.29) is 23.8 Å². The van der Waals surface area contributed by atoms with Gasteiger partial charge in [0.05, 0.1) is 11.5 Å². The number of nitrogens with zero attached hydrogens (tertiary/aromatic N) is 2. The molecule has 0 spiro atoms. The minimum Gasteiger partial charge on any atom is -0.319 e. The van der Waals surface area contributed by atoms with Gasteiger partial charge in [0.25, 0.3) is 5.69 Å². The highest BCUT2D eigenvalue weighted by molar-refractivity contribution is 9.10. The number of nitro groups is 1. The molecule has 21 heavy (non-hydrogen) atoms.